The van der Waals surface area contributed by atoms with E-state index < -0.39 is 29.5 Å². The normalized spacial score (nSPS) is 11.0. The number of carboxylic acids is 1. The van der Waals surface area contributed by atoms with Crippen LogP contribution in [0.25, 0.3) is 22.0 Å². The van der Waals surface area contributed by atoms with Gasteiger partial charge in [0.05, 0.1) is 16.8 Å². The Morgan fingerprint density at radius 1 is 1.07 bits per heavy atom. The van der Waals surface area contributed by atoms with Crippen LogP contribution in [-0.4, -0.2) is 56.1 Å². The fraction of sp³-hybridized carbons (Fsp3) is 0.207. The third-order valence-electron chi connectivity index (χ3n) is 6.48. The van der Waals surface area contributed by atoms with Crippen LogP contribution in [-0.2, 0) is 16.1 Å². The molecule has 0 atom stereocenters. The molecule has 0 fully saturated rings. The van der Waals surface area contributed by atoms with Gasteiger partial charge in [-0.2, -0.15) is 5.10 Å². The quantitative estimate of drug-likeness (QED) is 0.251. The minimum Gasteiger partial charge on any atom is -0.478 e. The molecule has 0 saturated carbocycles. The van der Waals surface area contributed by atoms with E-state index in [1.165, 1.54) is 33.8 Å². The largest absolute Gasteiger partial charge is 0.478 e. The van der Waals surface area contributed by atoms with Crippen molar-refractivity contribution >= 4 is 51.9 Å². The smallest absolute Gasteiger partial charge is 0.335 e. The van der Waals surface area contributed by atoms with Crippen LogP contribution < -0.4 is 11.1 Å². The summed E-state index contributed by atoms with van der Waals surface area (Å²) >= 11 is 6.21. The summed E-state index contributed by atoms with van der Waals surface area (Å²) in [5.41, 5.74) is 6.28. The lowest BCUT2D eigenvalue weighted by molar-refractivity contribution is -0.134. The second kappa shape index (κ2) is 12.2. The van der Waals surface area contributed by atoms with Crippen molar-refractivity contribution in [1.29, 1.82) is 0 Å². The van der Waals surface area contributed by atoms with Gasteiger partial charge in [-0.15, -0.1) is 0 Å². The van der Waals surface area contributed by atoms with Crippen LogP contribution in [0.15, 0.2) is 60.7 Å². The van der Waals surface area contributed by atoms with E-state index in [2.05, 4.69) is 10.4 Å². The number of nitrogens with zero attached hydrogens (tertiary/aromatic N) is 3. The predicted octanol–water partition coefficient (Wildman–Crippen LogP) is 4.56. The summed E-state index contributed by atoms with van der Waals surface area (Å²) in [5.74, 6) is -3.59. The van der Waals surface area contributed by atoms with Crippen LogP contribution in [0.4, 0.5) is 10.1 Å². The first kappa shape index (κ1) is 29.2. The number of rotatable bonds is 10. The van der Waals surface area contributed by atoms with Crippen LogP contribution in [0, 0.1) is 5.82 Å². The van der Waals surface area contributed by atoms with Crippen molar-refractivity contribution in [3.05, 3.63) is 82.8 Å². The van der Waals surface area contributed by atoms with E-state index in [1.807, 2.05) is 0 Å². The van der Waals surface area contributed by atoms with E-state index in [4.69, 9.17) is 17.3 Å². The molecule has 0 spiro atoms. The monoisotopic (exact) mass is 579 g/mol. The molecule has 41 heavy (non-hydrogen) atoms. The Labute approximate surface area is 239 Å². The molecule has 1 aromatic heterocycles. The number of fused-ring (bicyclic) bond motifs is 1. The first-order chi connectivity index (χ1) is 19.5. The lowest BCUT2D eigenvalue weighted by Crippen LogP contribution is -2.41. The molecule has 0 radical (unpaired) electrons. The van der Waals surface area contributed by atoms with Crippen LogP contribution in [0.2, 0.25) is 5.02 Å². The molecule has 0 unspecified atom stereocenters. The zero-order valence-corrected chi connectivity index (χ0v) is 23.0. The topological polar surface area (TPSA) is 148 Å². The van der Waals surface area contributed by atoms with E-state index in [0.717, 1.165) is 0 Å². The van der Waals surface area contributed by atoms with Crippen LogP contribution in [0.3, 0.4) is 0 Å². The van der Waals surface area contributed by atoms with Gasteiger partial charge in [0.2, 0.25) is 11.8 Å². The minimum absolute atomic E-state index is 0.0161. The average molecular weight is 580 g/mol. The van der Waals surface area contributed by atoms with Crippen molar-refractivity contribution in [3.63, 3.8) is 0 Å². The zero-order chi connectivity index (χ0) is 29.8. The van der Waals surface area contributed by atoms with Gasteiger partial charge in [0.25, 0.3) is 5.91 Å². The maximum atomic E-state index is 15.2. The molecule has 1 heterocycles. The maximum absolute atomic E-state index is 15.2. The molecule has 0 saturated heterocycles. The molecule has 3 amide bonds. The Kier molecular flexibility index (Phi) is 8.68. The number of hydrogen-bond acceptors (Lipinski definition) is 5. The Bertz CT molecular complexity index is 1670. The molecular formula is C29H27ClFN5O5. The lowest BCUT2D eigenvalue weighted by atomic mass is 10.0. The first-order valence-corrected chi connectivity index (χ1v) is 13.0. The molecule has 0 aliphatic heterocycles. The highest BCUT2D eigenvalue weighted by atomic mass is 35.5. The highest BCUT2D eigenvalue weighted by Crippen LogP contribution is 2.32. The number of carboxylic acid groups (broad SMARTS) is 1. The van der Waals surface area contributed by atoms with Crippen molar-refractivity contribution in [2.45, 2.75) is 32.9 Å². The van der Waals surface area contributed by atoms with E-state index in [-0.39, 0.29) is 53.4 Å². The second-order valence-corrected chi connectivity index (χ2v) is 9.94. The molecule has 0 bridgehead atoms. The van der Waals surface area contributed by atoms with Crippen LogP contribution >= 0.6 is 11.6 Å². The Morgan fingerprint density at radius 2 is 1.78 bits per heavy atom. The SMILES string of the molecule is CC(C)N(CCC(=O)Nc1cccc(-c2ccccc2Cl)c1F)C(=O)Cn1nc(C(N)=O)c2cc(C(=O)O)ccc21. The number of nitrogens with two attached hydrogens (primary N) is 1. The predicted molar refractivity (Wildman–Crippen MR) is 152 cm³/mol. The Morgan fingerprint density at radius 3 is 2.44 bits per heavy atom. The number of halogens is 2. The molecular weight excluding hydrogens is 553 g/mol. The van der Waals surface area contributed by atoms with Gasteiger partial charge in [-0.1, -0.05) is 41.9 Å². The van der Waals surface area contributed by atoms with Crippen LogP contribution in [0.1, 0.15) is 41.1 Å². The van der Waals surface area contributed by atoms with Gasteiger partial charge in [-0.3, -0.25) is 19.1 Å². The third kappa shape index (κ3) is 6.36. The number of aromatic nitrogens is 2. The molecule has 0 aliphatic carbocycles. The summed E-state index contributed by atoms with van der Waals surface area (Å²) in [6.45, 7) is 3.29. The van der Waals surface area contributed by atoms with Gasteiger partial charge < -0.3 is 21.1 Å². The number of hydrogen-bond donors (Lipinski definition) is 3. The van der Waals surface area contributed by atoms with Gasteiger partial charge in [0.1, 0.15) is 6.54 Å². The summed E-state index contributed by atoms with van der Waals surface area (Å²) in [5, 5.41) is 16.6. The number of aromatic carboxylic acids is 1. The maximum Gasteiger partial charge on any atom is 0.335 e. The molecule has 0 aliphatic rings. The summed E-state index contributed by atoms with van der Waals surface area (Å²) in [6.07, 6.45) is -0.117. The molecule has 12 heteroatoms. The Hall–Kier alpha value is -4.77. The molecule has 212 valence electrons. The fourth-order valence-corrected chi connectivity index (χ4v) is 4.69. The van der Waals surface area contributed by atoms with Gasteiger partial charge in [0, 0.05) is 40.5 Å². The number of primary amides is 1. The number of amides is 3. The summed E-state index contributed by atoms with van der Waals surface area (Å²) in [6, 6.07) is 15.2. The van der Waals surface area contributed by atoms with E-state index in [9.17, 15) is 24.3 Å². The number of carbonyl (C=O) groups excluding carboxylic acids is 3. The molecule has 4 N–H and O–H groups in total. The van der Waals surface area contributed by atoms with Crippen molar-refractivity contribution < 1.29 is 28.7 Å². The highest BCUT2D eigenvalue weighted by Gasteiger charge is 2.23. The lowest BCUT2D eigenvalue weighted by Gasteiger charge is -2.26. The minimum atomic E-state index is -1.19. The molecule has 3 aromatic carbocycles. The summed E-state index contributed by atoms with van der Waals surface area (Å²) in [7, 11) is 0. The number of carbonyl (C=O) groups is 4. The summed E-state index contributed by atoms with van der Waals surface area (Å²) in [4.78, 5) is 50.8. The van der Waals surface area contributed by atoms with Crippen LogP contribution in [0.5, 0.6) is 0 Å². The van der Waals surface area contributed by atoms with E-state index in [1.54, 1.807) is 50.2 Å². The number of anilines is 1. The van der Waals surface area contributed by atoms with Crippen molar-refractivity contribution in [3.8, 4) is 11.1 Å². The van der Waals surface area contributed by atoms with Crippen molar-refractivity contribution in [2.75, 3.05) is 11.9 Å². The molecule has 10 nitrogen and oxygen atoms in total. The number of nitrogens with one attached hydrogen (secondary N) is 1. The van der Waals surface area contributed by atoms with E-state index in [0.29, 0.717) is 16.1 Å². The fourth-order valence-electron chi connectivity index (χ4n) is 4.46. The highest BCUT2D eigenvalue weighted by molar-refractivity contribution is 6.33. The van der Waals surface area contributed by atoms with Gasteiger partial charge in [-0.05, 0) is 44.2 Å². The van der Waals surface area contributed by atoms with Gasteiger partial charge >= 0.3 is 5.97 Å². The zero-order valence-electron chi connectivity index (χ0n) is 22.2. The number of benzene rings is 3. The van der Waals surface area contributed by atoms with Gasteiger partial charge in [-0.25, -0.2) is 9.18 Å². The standard InChI is InChI=1S/C29H27ClFN5O5/c1-16(2)35(25(38)15-36-23-11-10-17(29(40)41)14-20(23)27(34-36)28(32)39)13-12-24(37)33-22-9-5-7-19(26(22)31)18-6-3-4-8-21(18)30/h3-11,14,16H,12-13,15H2,1-2H3,(H2,32,39)(H,33,37)(H,40,41). The first-order valence-electron chi connectivity index (χ1n) is 12.6. The summed E-state index contributed by atoms with van der Waals surface area (Å²) < 4.78 is 16.5. The molecule has 4 rings (SSSR count). The van der Waals surface area contributed by atoms with E-state index >= 15 is 4.39 Å². The average Bonchev–Trinajstić information content (AvgIpc) is 3.28. The second-order valence-electron chi connectivity index (χ2n) is 9.53. The third-order valence-corrected chi connectivity index (χ3v) is 6.81. The Balaban J connectivity index is 1.48. The van der Waals surface area contributed by atoms with Crippen molar-refractivity contribution in [1.82, 2.24) is 14.7 Å². The molecule has 4 aromatic rings. The van der Waals surface area contributed by atoms with Crippen molar-refractivity contribution in [2.24, 2.45) is 5.73 Å². The van der Waals surface area contributed by atoms with Gasteiger partial charge in [0.15, 0.2) is 11.5 Å².